The summed E-state index contributed by atoms with van der Waals surface area (Å²) in [6, 6.07) is 5.84. The van der Waals surface area contributed by atoms with Crippen molar-refractivity contribution in [3.05, 3.63) is 42.0 Å². The molecule has 1 aliphatic rings. The second-order valence-corrected chi connectivity index (χ2v) is 10.2. The monoisotopic (exact) mass is 636 g/mol. The molecule has 0 saturated carbocycles. The molecule has 17 heteroatoms. The second kappa shape index (κ2) is 18.1. The van der Waals surface area contributed by atoms with Crippen molar-refractivity contribution in [2.45, 2.75) is 18.9 Å². The van der Waals surface area contributed by atoms with Crippen molar-refractivity contribution < 1.29 is 63.8 Å². The number of nitrogens with zero attached hydrogens (tertiary/aromatic N) is 4. The number of ether oxygens (including phenoxy) is 1. The minimum atomic E-state index is -1.30. The maximum Gasteiger partial charge on any atom is 0.317 e. The largest absolute Gasteiger partial charge is 0.494 e. The Morgan fingerprint density at radius 2 is 1.18 bits per heavy atom. The molecule has 246 valence electrons. The highest BCUT2D eigenvalue weighted by molar-refractivity contribution is 6.12. The lowest BCUT2D eigenvalue weighted by molar-refractivity contribution is -0.144. The van der Waals surface area contributed by atoms with Crippen LogP contribution in [0.2, 0.25) is 0 Å². The summed E-state index contributed by atoms with van der Waals surface area (Å²) >= 11 is 0. The summed E-state index contributed by atoms with van der Waals surface area (Å²) in [6.45, 7) is -3.19. The third-order valence-corrected chi connectivity index (χ3v) is 6.55. The Morgan fingerprint density at radius 3 is 1.67 bits per heavy atom. The Labute approximate surface area is 257 Å². The molecule has 0 spiro atoms. The zero-order valence-corrected chi connectivity index (χ0v) is 24.3. The second-order valence-electron chi connectivity index (χ2n) is 10.2. The predicted molar refractivity (Wildman–Crippen MR) is 153 cm³/mol. The van der Waals surface area contributed by atoms with Gasteiger partial charge in [0, 0.05) is 44.4 Å². The van der Waals surface area contributed by atoms with Crippen molar-refractivity contribution in [2.24, 2.45) is 0 Å². The topological polar surface area (TPSA) is 243 Å². The zero-order chi connectivity index (χ0) is 33.5. The third-order valence-electron chi connectivity index (χ3n) is 6.55. The molecule has 1 aromatic carbocycles. The van der Waals surface area contributed by atoms with Gasteiger partial charge in [-0.25, -0.2) is 0 Å². The van der Waals surface area contributed by atoms with Crippen molar-refractivity contribution in [2.75, 3.05) is 65.5 Å². The van der Waals surface area contributed by atoms with E-state index < -0.39 is 80.4 Å². The van der Waals surface area contributed by atoms with Gasteiger partial charge in [-0.1, -0.05) is 12.1 Å². The van der Waals surface area contributed by atoms with Crippen LogP contribution >= 0.6 is 0 Å². The van der Waals surface area contributed by atoms with Crippen molar-refractivity contribution in [3.63, 3.8) is 0 Å². The molecule has 0 radical (unpaired) electrons. The first-order valence-electron chi connectivity index (χ1n) is 13.8. The zero-order valence-electron chi connectivity index (χ0n) is 24.3. The summed E-state index contributed by atoms with van der Waals surface area (Å²) in [5.41, 5.74) is 0.653. The Hall–Kier alpha value is -4.87. The summed E-state index contributed by atoms with van der Waals surface area (Å²) in [6.07, 6.45) is 2.89. The highest BCUT2D eigenvalue weighted by atomic mass is 16.5. The Balaban J connectivity index is 2.20. The average molecular weight is 637 g/mol. The maximum atomic E-state index is 11.8. The smallest absolute Gasteiger partial charge is 0.317 e. The standard InChI is InChI=1S/C28H36N4O13/c33-22-6-7-23(34)32(22)8-1-11-45-21-4-2-19(3-5-21)12-20(13-30(16-26(39)40)17-27(41)42)31(18-28(43)44)10-9-29(14-24(35)36)15-25(37)38/h2-7,20H,1,8-18H2,(H,35,36)(H,37,38)(H,39,40)(H,41,42)(H,43,44). The Kier molecular flexibility index (Phi) is 14.6. The fourth-order valence-corrected chi connectivity index (χ4v) is 4.66. The van der Waals surface area contributed by atoms with Gasteiger partial charge in [-0.3, -0.25) is 53.2 Å². The maximum absolute atomic E-state index is 11.8. The first-order valence-corrected chi connectivity index (χ1v) is 13.8. The number of imide groups is 1. The molecule has 0 fully saturated rings. The van der Waals surface area contributed by atoms with E-state index in [1.54, 1.807) is 24.3 Å². The van der Waals surface area contributed by atoms with Crippen LogP contribution in [0.3, 0.4) is 0 Å². The van der Waals surface area contributed by atoms with Crippen LogP contribution in [0.1, 0.15) is 12.0 Å². The lowest BCUT2D eigenvalue weighted by Gasteiger charge is -2.35. The molecule has 2 amide bonds. The van der Waals surface area contributed by atoms with Crippen LogP contribution in [0.25, 0.3) is 0 Å². The summed E-state index contributed by atoms with van der Waals surface area (Å²) in [5, 5.41) is 46.6. The van der Waals surface area contributed by atoms with Gasteiger partial charge in [0.1, 0.15) is 5.75 Å². The van der Waals surface area contributed by atoms with Crippen LogP contribution < -0.4 is 4.74 Å². The van der Waals surface area contributed by atoms with E-state index >= 15 is 0 Å². The number of carbonyl (C=O) groups is 7. The normalized spacial score (nSPS) is 13.5. The van der Waals surface area contributed by atoms with Crippen molar-refractivity contribution >= 4 is 41.7 Å². The van der Waals surface area contributed by atoms with Gasteiger partial charge in [-0.2, -0.15) is 0 Å². The molecule has 45 heavy (non-hydrogen) atoms. The van der Waals surface area contributed by atoms with E-state index in [0.29, 0.717) is 17.7 Å². The van der Waals surface area contributed by atoms with Crippen molar-refractivity contribution in [1.29, 1.82) is 0 Å². The minimum Gasteiger partial charge on any atom is -0.494 e. The fraction of sp³-hybridized carbons (Fsp3) is 0.464. The van der Waals surface area contributed by atoms with Gasteiger partial charge in [-0.05, 0) is 30.5 Å². The van der Waals surface area contributed by atoms with E-state index in [-0.39, 0.29) is 39.2 Å². The summed E-state index contributed by atoms with van der Waals surface area (Å²) < 4.78 is 5.68. The molecule has 2 rings (SSSR count). The van der Waals surface area contributed by atoms with Crippen LogP contribution in [0.4, 0.5) is 0 Å². The Bertz CT molecular complexity index is 1220. The summed E-state index contributed by atoms with van der Waals surface area (Å²) in [4.78, 5) is 85.2. The molecule has 1 aliphatic heterocycles. The molecule has 0 aliphatic carbocycles. The number of carboxylic acids is 5. The summed E-state index contributed by atoms with van der Waals surface area (Å²) in [7, 11) is 0. The van der Waals surface area contributed by atoms with E-state index in [1.165, 1.54) is 17.1 Å². The minimum absolute atomic E-state index is 0.118. The highest BCUT2D eigenvalue weighted by Crippen LogP contribution is 2.17. The molecule has 1 atom stereocenters. The molecule has 0 saturated heterocycles. The highest BCUT2D eigenvalue weighted by Gasteiger charge is 2.27. The molecule has 1 aromatic rings. The van der Waals surface area contributed by atoms with Gasteiger partial charge in [0.15, 0.2) is 0 Å². The number of hydrogen-bond donors (Lipinski definition) is 5. The molecular formula is C28H36N4O13. The van der Waals surface area contributed by atoms with E-state index in [2.05, 4.69) is 0 Å². The predicted octanol–water partition coefficient (Wildman–Crippen LogP) is -1.38. The fourth-order valence-electron chi connectivity index (χ4n) is 4.66. The van der Waals surface area contributed by atoms with E-state index in [1.807, 2.05) is 0 Å². The number of hydrogen-bond acceptors (Lipinski definition) is 11. The quantitative estimate of drug-likeness (QED) is 0.0686. The van der Waals surface area contributed by atoms with Crippen LogP contribution in [0.5, 0.6) is 5.75 Å². The van der Waals surface area contributed by atoms with Gasteiger partial charge < -0.3 is 30.3 Å². The SMILES string of the molecule is O=C(O)CN(CCN(CC(=O)O)C(Cc1ccc(OCCCN2C(=O)C=CC2=O)cc1)CN(CC(=O)O)CC(=O)O)CC(=O)O. The number of carboxylic acid groups (broad SMARTS) is 5. The van der Waals surface area contributed by atoms with Gasteiger partial charge in [0.25, 0.3) is 11.8 Å². The van der Waals surface area contributed by atoms with Gasteiger partial charge in [-0.15, -0.1) is 0 Å². The third kappa shape index (κ3) is 14.0. The van der Waals surface area contributed by atoms with Gasteiger partial charge in [0.2, 0.25) is 0 Å². The molecule has 0 aromatic heterocycles. The van der Waals surface area contributed by atoms with Crippen molar-refractivity contribution in [3.8, 4) is 5.75 Å². The number of rotatable bonds is 23. The van der Waals surface area contributed by atoms with Gasteiger partial charge >= 0.3 is 29.8 Å². The molecular weight excluding hydrogens is 600 g/mol. The van der Waals surface area contributed by atoms with Crippen LogP contribution in [0.15, 0.2) is 36.4 Å². The number of benzene rings is 1. The van der Waals surface area contributed by atoms with Crippen LogP contribution in [-0.4, -0.2) is 158 Å². The van der Waals surface area contributed by atoms with Gasteiger partial charge in [0.05, 0.1) is 39.3 Å². The molecule has 1 heterocycles. The number of aliphatic carboxylic acids is 5. The molecule has 0 bridgehead atoms. The first kappa shape index (κ1) is 36.3. The molecule has 17 nitrogen and oxygen atoms in total. The van der Waals surface area contributed by atoms with E-state index in [4.69, 9.17) is 14.9 Å². The van der Waals surface area contributed by atoms with Crippen LogP contribution in [0, 0.1) is 0 Å². The Morgan fingerprint density at radius 1 is 0.689 bits per heavy atom. The van der Waals surface area contributed by atoms with E-state index in [0.717, 1.165) is 14.7 Å². The molecule has 1 unspecified atom stereocenters. The number of carbonyl (C=O) groups excluding carboxylic acids is 2. The number of amides is 2. The lowest BCUT2D eigenvalue weighted by atomic mass is 10.0. The van der Waals surface area contributed by atoms with Crippen LogP contribution in [-0.2, 0) is 40.0 Å². The van der Waals surface area contributed by atoms with E-state index in [9.17, 15) is 48.9 Å². The van der Waals surface area contributed by atoms with Crippen molar-refractivity contribution in [1.82, 2.24) is 19.6 Å². The average Bonchev–Trinajstić information content (AvgIpc) is 3.24. The first-order chi connectivity index (χ1) is 21.2. The lowest BCUT2D eigenvalue weighted by Crippen LogP contribution is -2.51. The molecule has 5 N–H and O–H groups in total. The summed E-state index contributed by atoms with van der Waals surface area (Å²) in [5.74, 6) is -6.76.